The fraction of sp³-hybridized carbons (Fsp3) is 0.571. The van der Waals surface area contributed by atoms with Crippen LogP contribution in [0.3, 0.4) is 0 Å². The van der Waals surface area contributed by atoms with Gasteiger partial charge in [0.2, 0.25) is 0 Å². The van der Waals surface area contributed by atoms with Crippen molar-refractivity contribution >= 4 is 0 Å². The van der Waals surface area contributed by atoms with Crippen LogP contribution in [0.4, 0.5) is 0 Å². The number of unbranched alkanes of at least 4 members (excludes halogenated alkanes) is 2. The predicted molar refractivity (Wildman–Crippen MR) is 65.0 cm³/mol. The van der Waals surface area contributed by atoms with Crippen molar-refractivity contribution in [2.75, 3.05) is 19.8 Å². The fourth-order valence-electron chi connectivity index (χ4n) is 1.59. The van der Waals surface area contributed by atoms with E-state index in [4.69, 9.17) is 4.74 Å². The maximum Gasteiger partial charge on any atom is 0.0823 e. The molecule has 1 rings (SSSR count). The summed E-state index contributed by atoms with van der Waals surface area (Å²) in [4.78, 5) is 0. The molecule has 0 bridgehead atoms. The summed E-state index contributed by atoms with van der Waals surface area (Å²) in [7, 11) is 0. The van der Waals surface area contributed by atoms with Gasteiger partial charge in [0.05, 0.1) is 6.61 Å². The molecule has 0 aliphatic heterocycles. The second-order valence-electron chi connectivity index (χ2n) is 3.97. The normalized spacial score (nSPS) is 10.6. The Morgan fingerprint density at radius 2 is 1.56 bits per heavy atom. The van der Waals surface area contributed by atoms with Crippen molar-refractivity contribution in [3.05, 3.63) is 35.9 Å². The minimum atomic E-state index is 0.0252. The minimum Gasteiger partial charge on any atom is -0.381 e. The van der Waals surface area contributed by atoms with Gasteiger partial charge in [-0.1, -0.05) is 30.3 Å². The summed E-state index contributed by atoms with van der Waals surface area (Å²) < 4.78 is 5.43. The number of hydrogen-bond donors (Lipinski definition) is 0. The van der Waals surface area contributed by atoms with Crippen LogP contribution in [0.25, 0.3) is 0 Å². The molecule has 89 valence electrons. The Morgan fingerprint density at radius 3 is 2.25 bits per heavy atom. The van der Waals surface area contributed by atoms with Crippen molar-refractivity contribution in [3.8, 4) is 0 Å². The molecule has 0 fully saturated rings. The first-order chi connectivity index (χ1) is 7.93. The van der Waals surface area contributed by atoms with Crippen molar-refractivity contribution in [1.29, 1.82) is 0 Å². The summed E-state index contributed by atoms with van der Waals surface area (Å²) in [5.74, 6) is 0. The topological polar surface area (TPSA) is 29.1 Å². The lowest BCUT2D eigenvalue weighted by atomic mass is 10.1. The van der Waals surface area contributed by atoms with Gasteiger partial charge >= 0.3 is 0 Å². The second-order valence-corrected chi connectivity index (χ2v) is 3.97. The van der Waals surface area contributed by atoms with E-state index in [0.29, 0.717) is 0 Å². The molecule has 2 heteroatoms. The van der Waals surface area contributed by atoms with Crippen molar-refractivity contribution in [2.24, 2.45) is 0 Å². The molecule has 0 saturated carbocycles. The van der Waals surface area contributed by atoms with Crippen LogP contribution in [-0.2, 0) is 16.3 Å². The first kappa shape index (κ1) is 13.2. The van der Waals surface area contributed by atoms with E-state index in [9.17, 15) is 5.11 Å². The van der Waals surface area contributed by atoms with E-state index >= 15 is 0 Å². The van der Waals surface area contributed by atoms with E-state index in [1.165, 1.54) is 12.0 Å². The third-order valence-corrected chi connectivity index (χ3v) is 2.53. The van der Waals surface area contributed by atoms with Crippen LogP contribution in [0, 0.1) is 0 Å². The highest BCUT2D eigenvalue weighted by Gasteiger charge is 1.93. The number of aryl methyl sites for hydroxylation is 1. The molecule has 0 N–H and O–H groups in total. The molecule has 0 saturated heterocycles. The predicted octanol–water partition coefficient (Wildman–Crippen LogP) is 3.24. The van der Waals surface area contributed by atoms with E-state index in [2.05, 4.69) is 24.3 Å². The molecule has 0 aliphatic carbocycles. The summed E-state index contributed by atoms with van der Waals surface area (Å²) in [5.41, 5.74) is 1.40. The van der Waals surface area contributed by atoms with Gasteiger partial charge in [-0.25, -0.2) is 5.11 Å². The largest absolute Gasteiger partial charge is 0.381 e. The van der Waals surface area contributed by atoms with Crippen molar-refractivity contribution in [2.45, 2.75) is 32.1 Å². The molecular weight excluding hydrogens is 200 g/mol. The first-order valence-corrected chi connectivity index (χ1v) is 6.13. The van der Waals surface area contributed by atoms with Gasteiger partial charge in [0.1, 0.15) is 0 Å². The van der Waals surface area contributed by atoms with Gasteiger partial charge in [0.15, 0.2) is 0 Å². The molecule has 1 aromatic carbocycles. The van der Waals surface area contributed by atoms with Crippen LogP contribution in [0.5, 0.6) is 0 Å². The minimum absolute atomic E-state index is 0.0252. The first-order valence-electron chi connectivity index (χ1n) is 6.13. The third-order valence-electron chi connectivity index (χ3n) is 2.53. The monoisotopic (exact) mass is 221 g/mol. The zero-order chi connectivity index (χ0) is 11.5. The lowest BCUT2D eigenvalue weighted by Gasteiger charge is -2.03. The van der Waals surface area contributed by atoms with Gasteiger partial charge in [0.25, 0.3) is 0 Å². The summed E-state index contributed by atoms with van der Waals surface area (Å²) in [6, 6.07) is 10.5. The standard InChI is InChI=1S/C14H21O2/c15-11-5-7-13-16-12-6-4-10-14-8-2-1-3-9-14/h1-3,8-9H,4-7,10-13H2. The molecule has 0 amide bonds. The van der Waals surface area contributed by atoms with E-state index in [1.54, 1.807) is 0 Å². The average Bonchev–Trinajstić information content (AvgIpc) is 2.34. The average molecular weight is 221 g/mol. The number of ether oxygens (including phenoxy) is 1. The Bertz CT molecular complexity index is 246. The van der Waals surface area contributed by atoms with Gasteiger partial charge in [-0.2, -0.15) is 0 Å². The Labute approximate surface area is 98.3 Å². The van der Waals surface area contributed by atoms with Crippen LogP contribution >= 0.6 is 0 Å². The number of rotatable bonds is 9. The second kappa shape index (κ2) is 9.37. The van der Waals surface area contributed by atoms with E-state index in [0.717, 1.165) is 38.9 Å². The maximum atomic E-state index is 10.2. The lowest BCUT2D eigenvalue weighted by molar-refractivity contribution is 0.114. The summed E-state index contributed by atoms with van der Waals surface area (Å²) in [6.45, 7) is 1.59. The Balaban J connectivity index is 1.89. The van der Waals surface area contributed by atoms with Gasteiger partial charge in [-0.05, 0) is 37.7 Å². The summed E-state index contributed by atoms with van der Waals surface area (Å²) in [6.07, 6.45) is 5.05. The zero-order valence-corrected chi connectivity index (χ0v) is 9.86. The van der Waals surface area contributed by atoms with Gasteiger partial charge in [-0.15, -0.1) is 0 Å². The lowest BCUT2D eigenvalue weighted by Crippen LogP contribution is -1.98. The highest BCUT2D eigenvalue weighted by Crippen LogP contribution is 2.04. The van der Waals surface area contributed by atoms with Gasteiger partial charge < -0.3 is 4.74 Å². The molecule has 0 unspecified atom stereocenters. The van der Waals surface area contributed by atoms with Gasteiger partial charge in [-0.3, -0.25) is 0 Å². The van der Waals surface area contributed by atoms with Crippen molar-refractivity contribution in [3.63, 3.8) is 0 Å². The Morgan fingerprint density at radius 1 is 0.875 bits per heavy atom. The summed E-state index contributed by atoms with van der Waals surface area (Å²) in [5, 5.41) is 10.2. The molecule has 1 aromatic rings. The zero-order valence-electron chi connectivity index (χ0n) is 9.86. The molecule has 0 aliphatic rings. The van der Waals surface area contributed by atoms with Crippen LogP contribution in [-0.4, -0.2) is 19.8 Å². The molecule has 2 nitrogen and oxygen atoms in total. The Kier molecular flexibility index (Phi) is 7.74. The molecule has 0 heterocycles. The maximum absolute atomic E-state index is 10.2. The third kappa shape index (κ3) is 6.59. The summed E-state index contributed by atoms with van der Waals surface area (Å²) >= 11 is 0. The molecule has 0 aromatic heterocycles. The van der Waals surface area contributed by atoms with Crippen molar-refractivity contribution in [1.82, 2.24) is 0 Å². The SMILES string of the molecule is [O]CCCCOCCCCc1ccccc1. The quantitative estimate of drug-likeness (QED) is 0.588. The van der Waals surface area contributed by atoms with Crippen LogP contribution in [0.1, 0.15) is 31.2 Å². The van der Waals surface area contributed by atoms with Crippen LogP contribution in [0.2, 0.25) is 0 Å². The molecule has 1 radical (unpaired) electrons. The van der Waals surface area contributed by atoms with E-state index in [-0.39, 0.29) is 6.61 Å². The van der Waals surface area contributed by atoms with E-state index < -0.39 is 0 Å². The van der Waals surface area contributed by atoms with E-state index in [1.807, 2.05) is 6.07 Å². The van der Waals surface area contributed by atoms with Crippen LogP contribution in [0.15, 0.2) is 30.3 Å². The van der Waals surface area contributed by atoms with Crippen molar-refractivity contribution < 1.29 is 9.84 Å². The Hall–Kier alpha value is -0.860. The molecular formula is C14H21O2. The highest BCUT2D eigenvalue weighted by atomic mass is 16.5. The molecule has 0 spiro atoms. The number of benzene rings is 1. The van der Waals surface area contributed by atoms with Crippen LogP contribution < -0.4 is 0 Å². The molecule has 0 atom stereocenters. The molecule has 16 heavy (non-hydrogen) atoms. The fourth-order valence-corrected chi connectivity index (χ4v) is 1.59. The highest BCUT2D eigenvalue weighted by molar-refractivity contribution is 5.14. The smallest absolute Gasteiger partial charge is 0.0823 e. The number of hydrogen-bond acceptors (Lipinski definition) is 1. The van der Waals surface area contributed by atoms with Gasteiger partial charge in [0, 0.05) is 13.2 Å².